The first-order valence-corrected chi connectivity index (χ1v) is 9.25. The molecule has 1 aliphatic carbocycles. The molecule has 2 fully saturated rings. The number of methoxy groups -OCH3 is 1. The van der Waals surface area contributed by atoms with Gasteiger partial charge in [-0.2, -0.15) is 0 Å². The number of nitrogens with zero attached hydrogens (tertiary/aromatic N) is 5. The quantitative estimate of drug-likeness (QED) is 0.750. The molecular weight excluding hydrogens is 330 g/mol. The number of aromatic nitrogens is 3. The predicted molar refractivity (Wildman–Crippen MR) is 98.1 cm³/mol. The summed E-state index contributed by atoms with van der Waals surface area (Å²) in [5, 5.41) is 8.80. The average molecular weight is 355 g/mol. The standard InChI is InChI=1S/C19H25N5O2/c1-26-12-9-17-20-21-19(24(17)13-15-5-3-2-4-6-15)22-10-11-23(16-7-8-16)18(25)14-22/h2-6,16H,7-14H2,1H3. The minimum absolute atomic E-state index is 0.200. The van der Waals surface area contributed by atoms with Crippen LogP contribution in [0.2, 0.25) is 0 Å². The van der Waals surface area contributed by atoms with Gasteiger partial charge in [0.25, 0.3) is 0 Å². The molecule has 2 aliphatic rings. The van der Waals surface area contributed by atoms with Crippen molar-refractivity contribution in [2.24, 2.45) is 0 Å². The lowest BCUT2D eigenvalue weighted by Crippen LogP contribution is -2.52. The molecule has 2 heterocycles. The molecule has 7 heteroatoms. The Hall–Kier alpha value is -2.41. The monoisotopic (exact) mass is 355 g/mol. The first kappa shape index (κ1) is 17.0. The molecule has 0 atom stereocenters. The van der Waals surface area contributed by atoms with E-state index in [1.807, 2.05) is 23.1 Å². The molecule has 0 bridgehead atoms. The van der Waals surface area contributed by atoms with Gasteiger partial charge in [0.2, 0.25) is 11.9 Å². The number of hydrogen-bond acceptors (Lipinski definition) is 5. The van der Waals surface area contributed by atoms with Crippen molar-refractivity contribution in [1.82, 2.24) is 19.7 Å². The van der Waals surface area contributed by atoms with E-state index in [-0.39, 0.29) is 5.91 Å². The zero-order valence-electron chi connectivity index (χ0n) is 15.2. The Balaban J connectivity index is 1.56. The number of carbonyl (C=O) groups excluding carboxylic acids is 1. The van der Waals surface area contributed by atoms with Crippen molar-refractivity contribution in [3.63, 3.8) is 0 Å². The molecule has 138 valence electrons. The van der Waals surface area contributed by atoms with Crippen molar-refractivity contribution < 1.29 is 9.53 Å². The number of amides is 1. The van der Waals surface area contributed by atoms with E-state index in [1.54, 1.807) is 7.11 Å². The van der Waals surface area contributed by atoms with Gasteiger partial charge < -0.3 is 14.5 Å². The molecule has 0 N–H and O–H groups in total. The van der Waals surface area contributed by atoms with Crippen LogP contribution < -0.4 is 4.90 Å². The summed E-state index contributed by atoms with van der Waals surface area (Å²) in [7, 11) is 1.69. The molecule has 1 amide bonds. The van der Waals surface area contributed by atoms with Crippen LogP contribution in [0.5, 0.6) is 0 Å². The van der Waals surface area contributed by atoms with Crippen LogP contribution in [0.25, 0.3) is 0 Å². The summed E-state index contributed by atoms with van der Waals surface area (Å²) in [5.74, 6) is 1.87. The van der Waals surface area contributed by atoms with Crippen molar-refractivity contribution in [2.45, 2.75) is 31.8 Å². The summed E-state index contributed by atoms with van der Waals surface area (Å²) in [6, 6.07) is 10.8. The molecule has 1 saturated heterocycles. The third-order valence-corrected chi connectivity index (χ3v) is 5.05. The minimum Gasteiger partial charge on any atom is -0.384 e. The van der Waals surface area contributed by atoms with Crippen molar-refractivity contribution >= 4 is 11.9 Å². The number of hydrogen-bond donors (Lipinski definition) is 0. The lowest BCUT2D eigenvalue weighted by atomic mass is 10.2. The van der Waals surface area contributed by atoms with Crippen LogP contribution in [0, 0.1) is 0 Å². The van der Waals surface area contributed by atoms with Gasteiger partial charge in [0.05, 0.1) is 19.7 Å². The summed E-state index contributed by atoms with van der Waals surface area (Å²) in [4.78, 5) is 16.6. The summed E-state index contributed by atoms with van der Waals surface area (Å²) >= 11 is 0. The minimum atomic E-state index is 0.200. The average Bonchev–Trinajstić information content (AvgIpc) is 3.42. The van der Waals surface area contributed by atoms with Crippen molar-refractivity contribution in [3.8, 4) is 0 Å². The van der Waals surface area contributed by atoms with Crippen LogP contribution in [0.15, 0.2) is 30.3 Å². The van der Waals surface area contributed by atoms with Crippen LogP contribution in [0.3, 0.4) is 0 Å². The smallest absolute Gasteiger partial charge is 0.242 e. The number of carbonyl (C=O) groups is 1. The highest BCUT2D eigenvalue weighted by Crippen LogP contribution is 2.29. The Labute approximate surface area is 153 Å². The molecule has 0 radical (unpaired) electrons. The lowest BCUT2D eigenvalue weighted by molar-refractivity contribution is -0.131. The van der Waals surface area contributed by atoms with Crippen molar-refractivity contribution in [1.29, 1.82) is 0 Å². The molecule has 1 saturated carbocycles. The van der Waals surface area contributed by atoms with E-state index in [4.69, 9.17) is 4.74 Å². The van der Waals surface area contributed by atoms with Gasteiger partial charge in [-0.15, -0.1) is 10.2 Å². The maximum absolute atomic E-state index is 12.5. The largest absolute Gasteiger partial charge is 0.384 e. The SMILES string of the molecule is COCCc1nnc(N2CCN(C3CC3)C(=O)C2)n1Cc1ccccc1. The fraction of sp³-hybridized carbons (Fsp3) is 0.526. The van der Waals surface area contributed by atoms with Gasteiger partial charge in [0.1, 0.15) is 5.82 Å². The molecule has 7 nitrogen and oxygen atoms in total. The number of anilines is 1. The first-order valence-electron chi connectivity index (χ1n) is 9.25. The van der Waals surface area contributed by atoms with E-state index in [2.05, 4.69) is 31.8 Å². The van der Waals surface area contributed by atoms with Crippen LogP contribution >= 0.6 is 0 Å². The number of piperazine rings is 1. The first-order chi connectivity index (χ1) is 12.8. The maximum atomic E-state index is 12.5. The zero-order valence-corrected chi connectivity index (χ0v) is 15.2. The fourth-order valence-electron chi connectivity index (χ4n) is 3.50. The highest BCUT2D eigenvalue weighted by atomic mass is 16.5. The molecular formula is C19H25N5O2. The molecule has 0 unspecified atom stereocenters. The van der Waals surface area contributed by atoms with E-state index in [0.29, 0.717) is 32.2 Å². The Morgan fingerprint density at radius 1 is 1.15 bits per heavy atom. The highest BCUT2D eigenvalue weighted by molar-refractivity contribution is 5.82. The zero-order chi connectivity index (χ0) is 17.9. The Bertz CT molecular complexity index is 757. The molecule has 26 heavy (non-hydrogen) atoms. The molecule has 1 aromatic heterocycles. The molecule has 0 spiro atoms. The third kappa shape index (κ3) is 3.58. The van der Waals surface area contributed by atoms with Crippen molar-refractivity contribution in [2.75, 3.05) is 38.3 Å². The second-order valence-corrected chi connectivity index (χ2v) is 6.97. The summed E-state index contributed by atoms with van der Waals surface area (Å²) in [6.45, 7) is 3.25. The topological polar surface area (TPSA) is 63.5 Å². The molecule has 4 rings (SSSR count). The number of benzene rings is 1. The van der Waals surface area contributed by atoms with Gasteiger partial charge in [-0.05, 0) is 18.4 Å². The predicted octanol–water partition coefficient (Wildman–Crippen LogP) is 1.33. The van der Waals surface area contributed by atoms with E-state index in [9.17, 15) is 4.79 Å². The van der Waals surface area contributed by atoms with Crippen LogP contribution in [-0.4, -0.2) is 65.0 Å². The van der Waals surface area contributed by atoms with Crippen LogP contribution in [0.4, 0.5) is 5.95 Å². The molecule has 1 aliphatic heterocycles. The van der Waals surface area contributed by atoms with Gasteiger partial charge >= 0.3 is 0 Å². The van der Waals surface area contributed by atoms with Gasteiger partial charge in [-0.3, -0.25) is 9.36 Å². The second-order valence-electron chi connectivity index (χ2n) is 6.97. The Morgan fingerprint density at radius 2 is 1.96 bits per heavy atom. The van der Waals surface area contributed by atoms with Gasteiger partial charge in [0.15, 0.2) is 0 Å². The van der Waals surface area contributed by atoms with E-state index in [1.165, 1.54) is 5.56 Å². The van der Waals surface area contributed by atoms with Crippen LogP contribution in [0.1, 0.15) is 24.2 Å². The summed E-state index contributed by atoms with van der Waals surface area (Å²) < 4.78 is 7.33. The lowest BCUT2D eigenvalue weighted by Gasteiger charge is -2.35. The molecule has 1 aromatic carbocycles. The fourth-order valence-corrected chi connectivity index (χ4v) is 3.50. The normalized spacial score (nSPS) is 17.8. The van der Waals surface area contributed by atoms with Crippen molar-refractivity contribution in [3.05, 3.63) is 41.7 Å². The number of rotatable bonds is 7. The van der Waals surface area contributed by atoms with E-state index < -0.39 is 0 Å². The van der Waals surface area contributed by atoms with Gasteiger partial charge in [-0.25, -0.2) is 0 Å². The Kier molecular flexibility index (Phi) is 4.88. The maximum Gasteiger partial charge on any atom is 0.242 e. The van der Waals surface area contributed by atoms with E-state index in [0.717, 1.165) is 37.7 Å². The van der Waals surface area contributed by atoms with Crippen LogP contribution in [-0.2, 0) is 22.5 Å². The third-order valence-electron chi connectivity index (χ3n) is 5.05. The molecule has 2 aromatic rings. The summed E-state index contributed by atoms with van der Waals surface area (Å²) in [6.07, 6.45) is 3.00. The van der Waals surface area contributed by atoms with Gasteiger partial charge in [0, 0.05) is 32.7 Å². The summed E-state index contributed by atoms with van der Waals surface area (Å²) in [5.41, 5.74) is 1.19. The number of ether oxygens (including phenoxy) is 1. The second kappa shape index (κ2) is 7.45. The van der Waals surface area contributed by atoms with E-state index >= 15 is 0 Å². The Morgan fingerprint density at radius 3 is 2.65 bits per heavy atom. The highest BCUT2D eigenvalue weighted by Gasteiger charge is 2.36. The van der Waals surface area contributed by atoms with Gasteiger partial charge in [-0.1, -0.05) is 30.3 Å².